The number of carbonyl (C=O) groups excluding carboxylic acids is 1. The summed E-state index contributed by atoms with van der Waals surface area (Å²) in [7, 11) is 0. The predicted molar refractivity (Wildman–Crippen MR) is 78.8 cm³/mol. The third-order valence-corrected chi connectivity index (χ3v) is 4.91. The summed E-state index contributed by atoms with van der Waals surface area (Å²) < 4.78 is 0. The Balaban J connectivity index is 1.83. The van der Waals surface area contributed by atoms with Gasteiger partial charge in [0, 0.05) is 11.6 Å². The molecule has 1 aromatic rings. The first-order valence-electron chi connectivity index (χ1n) is 7.35. The third kappa shape index (κ3) is 2.33. The number of hydrogen-bond donors (Lipinski definition) is 1. The van der Waals surface area contributed by atoms with Gasteiger partial charge in [-0.3, -0.25) is 4.79 Å². The van der Waals surface area contributed by atoms with Crippen molar-refractivity contribution < 1.29 is 9.90 Å². The minimum atomic E-state index is -0.352. The lowest BCUT2D eigenvalue weighted by Crippen LogP contribution is -2.49. The number of aliphatic hydroxyl groups is 1. The average Bonchev–Trinajstić information content (AvgIpc) is 3.29. The SMILES string of the molecule is O=C(N1CCCCC1CO)C1(c2ccc(Cl)cc2)CC1. The van der Waals surface area contributed by atoms with Gasteiger partial charge in [-0.05, 0) is 49.8 Å². The Morgan fingerprint density at radius 1 is 1.30 bits per heavy atom. The molecule has 0 spiro atoms. The van der Waals surface area contributed by atoms with Gasteiger partial charge in [-0.25, -0.2) is 0 Å². The molecule has 0 aromatic heterocycles. The maximum absolute atomic E-state index is 12.9. The van der Waals surface area contributed by atoms with E-state index in [0.717, 1.165) is 44.2 Å². The van der Waals surface area contributed by atoms with Gasteiger partial charge in [0.05, 0.1) is 18.1 Å². The first-order valence-corrected chi connectivity index (χ1v) is 7.73. The summed E-state index contributed by atoms with van der Waals surface area (Å²) >= 11 is 5.93. The van der Waals surface area contributed by atoms with E-state index in [-0.39, 0.29) is 24.0 Å². The van der Waals surface area contributed by atoms with E-state index in [0.29, 0.717) is 5.02 Å². The zero-order valence-electron chi connectivity index (χ0n) is 11.5. The number of amides is 1. The van der Waals surface area contributed by atoms with Crippen molar-refractivity contribution in [2.45, 2.75) is 43.6 Å². The predicted octanol–water partition coefficient (Wildman–Crippen LogP) is 2.75. The molecule has 1 aliphatic carbocycles. The highest BCUT2D eigenvalue weighted by Crippen LogP contribution is 2.50. The van der Waals surface area contributed by atoms with Crippen molar-refractivity contribution >= 4 is 17.5 Å². The molecule has 2 aliphatic rings. The standard InChI is InChI=1S/C16H20ClNO2/c17-13-6-4-12(5-7-13)16(8-9-16)15(20)18-10-2-1-3-14(18)11-19/h4-7,14,19H,1-3,8-11H2. The van der Waals surface area contributed by atoms with Crippen LogP contribution in [0, 0.1) is 0 Å². The smallest absolute Gasteiger partial charge is 0.233 e. The molecular formula is C16H20ClNO2. The zero-order valence-corrected chi connectivity index (χ0v) is 12.3. The Bertz CT molecular complexity index is 496. The highest BCUT2D eigenvalue weighted by Gasteiger charge is 2.53. The van der Waals surface area contributed by atoms with Crippen molar-refractivity contribution in [1.82, 2.24) is 4.90 Å². The maximum Gasteiger partial charge on any atom is 0.233 e. The Morgan fingerprint density at radius 2 is 2.00 bits per heavy atom. The summed E-state index contributed by atoms with van der Waals surface area (Å²) in [5.41, 5.74) is 0.712. The molecule has 3 rings (SSSR count). The van der Waals surface area contributed by atoms with Crippen LogP contribution in [0.5, 0.6) is 0 Å². The van der Waals surface area contributed by atoms with Crippen molar-refractivity contribution in [1.29, 1.82) is 0 Å². The van der Waals surface area contributed by atoms with Crippen LogP contribution < -0.4 is 0 Å². The fourth-order valence-corrected chi connectivity index (χ4v) is 3.38. The zero-order chi connectivity index (χ0) is 14.2. The van der Waals surface area contributed by atoms with E-state index < -0.39 is 0 Å². The fourth-order valence-electron chi connectivity index (χ4n) is 3.25. The number of benzene rings is 1. The molecule has 3 nitrogen and oxygen atoms in total. The van der Waals surface area contributed by atoms with Gasteiger partial charge < -0.3 is 10.0 Å². The molecule has 4 heteroatoms. The number of piperidine rings is 1. The molecule has 1 aliphatic heterocycles. The summed E-state index contributed by atoms with van der Waals surface area (Å²) in [4.78, 5) is 14.8. The van der Waals surface area contributed by atoms with Crippen molar-refractivity contribution in [3.8, 4) is 0 Å². The molecule has 0 bridgehead atoms. The molecule has 1 N–H and O–H groups in total. The summed E-state index contributed by atoms with van der Waals surface area (Å²) in [6.07, 6.45) is 4.87. The van der Waals surface area contributed by atoms with Crippen LogP contribution in [0.3, 0.4) is 0 Å². The van der Waals surface area contributed by atoms with Gasteiger partial charge in [0.1, 0.15) is 0 Å². The lowest BCUT2D eigenvalue weighted by Gasteiger charge is -2.37. The van der Waals surface area contributed by atoms with Gasteiger partial charge in [-0.15, -0.1) is 0 Å². The molecule has 108 valence electrons. The van der Waals surface area contributed by atoms with Gasteiger partial charge >= 0.3 is 0 Å². The van der Waals surface area contributed by atoms with E-state index in [1.165, 1.54) is 0 Å². The summed E-state index contributed by atoms with van der Waals surface area (Å²) in [5.74, 6) is 0.193. The molecule has 1 aromatic carbocycles. The first kappa shape index (κ1) is 13.9. The average molecular weight is 294 g/mol. The van der Waals surface area contributed by atoms with E-state index in [1.807, 2.05) is 29.2 Å². The highest BCUT2D eigenvalue weighted by molar-refractivity contribution is 6.30. The Labute approximate surface area is 124 Å². The molecule has 1 saturated heterocycles. The highest BCUT2D eigenvalue weighted by atomic mass is 35.5. The van der Waals surface area contributed by atoms with E-state index >= 15 is 0 Å². The van der Waals surface area contributed by atoms with Crippen LogP contribution in [0.1, 0.15) is 37.7 Å². The number of likely N-dealkylation sites (tertiary alicyclic amines) is 1. The summed E-state index contributed by atoms with van der Waals surface area (Å²) in [6.45, 7) is 0.849. The molecule has 1 atom stereocenters. The topological polar surface area (TPSA) is 40.5 Å². The fraction of sp³-hybridized carbons (Fsp3) is 0.562. The van der Waals surface area contributed by atoms with Gasteiger partial charge in [0.15, 0.2) is 0 Å². The number of halogens is 1. The van der Waals surface area contributed by atoms with Gasteiger partial charge in [0.2, 0.25) is 5.91 Å². The molecule has 0 radical (unpaired) electrons. The molecule has 20 heavy (non-hydrogen) atoms. The van der Waals surface area contributed by atoms with Gasteiger partial charge in [-0.1, -0.05) is 23.7 Å². The molecule has 1 saturated carbocycles. The maximum atomic E-state index is 12.9. The number of nitrogens with zero attached hydrogens (tertiary/aromatic N) is 1. The third-order valence-electron chi connectivity index (χ3n) is 4.65. The van der Waals surface area contributed by atoms with E-state index in [2.05, 4.69) is 0 Å². The Kier molecular flexibility index (Phi) is 3.74. The first-order chi connectivity index (χ1) is 9.67. The Hall–Kier alpha value is -1.06. The second kappa shape index (κ2) is 5.38. The van der Waals surface area contributed by atoms with Crippen LogP contribution in [0.4, 0.5) is 0 Å². The van der Waals surface area contributed by atoms with Gasteiger partial charge in [0.25, 0.3) is 0 Å². The van der Waals surface area contributed by atoms with Crippen LogP contribution in [0.25, 0.3) is 0 Å². The summed E-state index contributed by atoms with van der Waals surface area (Å²) in [6, 6.07) is 7.63. The molecule has 1 amide bonds. The Morgan fingerprint density at radius 3 is 2.60 bits per heavy atom. The number of rotatable bonds is 3. The van der Waals surface area contributed by atoms with Crippen molar-refractivity contribution in [2.75, 3.05) is 13.2 Å². The van der Waals surface area contributed by atoms with Gasteiger partial charge in [-0.2, -0.15) is 0 Å². The lowest BCUT2D eigenvalue weighted by atomic mass is 9.92. The second-order valence-corrected chi connectivity index (χ2v) is 6.36. The minimum Gasteiger partial charge on any atom is -0.394 e. The number of hydrogen-bond acceptors (Lipinski definition) is 2. The van der Waals surface area contributed by atoms with Crippen LogP contribution in [0.15, 0.2) is 24.3 Å². The molecule has 2 fully saturated rings. The van der Waals surface area contributed by atoms with E-state index in [1.54, 1.807) is 0 Å². The minimum absolute atomic E-state index is 0.000949. The van der Waals surface area contributed by atoms with Crippen LogP contribution >= 0.6 is 11.6 Å². The molecule has 1 heterocycles. The monoisotopic (exact) mass is 293 g/mol. The normalized spacial score (nSPS) is 24.5. The van der Waals surface area contributed by atoms with E-state index in [4.69, 9.17) is 11.6 Å². The lowest BCUT2D eigenvalue weighted by molar-refractivity contribution is -0.138. The second-order valence-electron chi connectivity index (χ2n) is 5.92. The van der Waals surface area contributed by atoms with Crippen molar-refractivity contribution in [3.63, 3.8) is 0 Å². The van der Waals surface area contributed by atoms with Crippen LogP contribution in [0.2, 0.25) is 5.02 Å². The number of aliphatic hydroxyl groups excluding tert-OH is 1. The van der Waals surface area contributed by atoms with Crippen LogP contribution in [-0.4, -0.2) is 35.1 Å². The quantitative estimate of drug-likeness (QED) is 0.931. The van der Waals surface area contributed by atoms with Crippen molar-refractivity contribution in [3.05, 3.63) is 34.9 Å². The molecule has 1 unspecified atom stereocenters. The van der Waals surface area contributed by atoms with Crippen molar-refractivity contribution in [2.24, 2.45) is 0 Å². The van der Waals surface area contributed by atoms with E-state index in [9.17, 15) is 9.90 Å². The largest absolute Gasteiger partial charge is 0.394 e. The summed E-state index contributed by atoms with van der Waals surface area (Å²) in [5, 5.41) is 10.2. The number of carbonyl (C=O) groups is 1. The molecular weight excluding hydrogens is 274 g/mol. The van der Waals surface area contributed by atoms with Crippen LogP contribution in [-0.2, 0) is 10.2 Å².